The van der Waals surface area contributed by atoms with E-state index in [1.54, 1.807) is 7.05 Å². The largest absolute Gasteiger partial charge is 0.368 e. The lowest BCUT2D eigenvalue weighted by molar-refractivity contribution is -0.142. The number of carbonyl (C=O) groups excluding carboxylic acids is 1. The molecule has 2 aliphatic heterocycles. The van der Waals surface area contributed by atoms with Crippen molar-refractivity contribution in [1.82, 2.24) is 20.1 Å². The lowest BCUT2D eigenvalue weighted by Gasteiger charge is -2.37. The first kappa shape index (κ1) is 22.7. The number of hydrogen-bond donors (Lipinski definition) is 1. The third-order valence-electron chi connectivity index (χ3n) is 5.03. The van der Waals surface area contributed by atoms with Crippen LogP contribution in [-0.2, 0) is 16.1 Å². The molecular formula is C19H31IN6O2. The second-order valence-corrected chi connectivity index (χ2v) is 7.13. The van der Waals surface area contributed by atoms with E-state index >= 15 is 0 Å². The number of amides is 1. The summed E-state index contributed by atoms with van der Waals surface area (Å²) < 4.78 is 5.52. The molecule has 8 nitrogen and oxygen atoms in total. The molecular weight excluding hydrogens is 471 g/mol. The van der Waals surface area contributed by atoms with E-state index in [1.807, 2.05) is 36.2 Å². The number of rotatable bonds is 4. The van der Waals surface area contributed by atoms with E-state index in [4.69, 9.17) is 4.74 Å². The van der Waals surface area contributed by atoms with E-state index < -0.39 is 0 Å². The van der Waals surface area contributed by atoms with Crippen LogP contribution in [0.1, 0.15) is 18.4 Å². The average Bonchev–Trinajstić information content (AvgIpc) is 3.23. The highest BCUT2D eigenvalue weighted by Crippen LogP contribution is 2.16. The maximum atomic E-state index is 12.5. The van der Waals surface area contributed by atoms with E-state index in [2.05, 4.69) is 26.3 Å². The van der Waals surface area contributed by atoms with Gasteiger partial charge in [-0.15, -0.1) is 24.0 Å². The minimum Gasteiger partial charge on any atom is -0.368 e. The standard InChI is InChI=1S/C19H30N6O2.HI/c1-20-19(22-14-15-6-7-17(21-13-15)23(2)3)25-10-8-24(9-11-25)18(26)16-5-4-12-27-16;/h6-7,13,16H,4-5,8-12,14H2,1-3H3,(H,20,22);1H. The number of nitrogens with zero attached hydrogens (tertiary/aromatic N) is 5. The summed E-state index contributed by atoms with van der Waals surface area (Å²) in [5, 5.41) is 3.40. The molecule has 9 heteroatoms. The summed E-state index contributed by atoms with van der Waals surface area (Å²) in [5.41, 5.74) is 1.11. The van der Waals surface area contributed by atoms with E-state index in [9.17, 15) is 4.79 Å². The van der Waals surface area contributed by atoms with Crippen LogP contribution in [0.4, 0.5) is 5.82 Å². The first-order valence-electron chi connectivity index (χ1n) is 9.56. The molecule has 0 bridgehead atoms. The lowest BCUT2D eigenvalue weighted by atomic mass is 10.2. The van der Waals surface area contributed by atoms with Crippen molar-refractivity contribution < 1.29 is 9.53 Å². The number of pyridine rings is 1. The number of aliphatic imine (C=N–C) groups is 1. The van der Waals surface area contributed by atoms with Gasteiger partial charge in [-0.25, -0.2) is 4.98 Å². The van der Waals surface area contributed by atoms with Gasteiger partial charge in [0.25, 0.3) is 5.91 Å². The molecule has 2 fully saturated rings. The number of anilines is 1. The number of aromatic nitrogens is 1. The number of ether oxygens (including phenoxy) is 1. The van der Waals surface area contributed by atoms with Crippen LogP contribution in [0.3, 0.4) is 0 Å². The summed E-state index contributed by atoms with van der Waals surface area (Å²) >= 11 is 0. The molecule has 0 aliphatic carbocycles. The molecule has 156 valence electrons. The van der Waals surface area contributed by atoms with Crippen LogP contribution in [0.5, 0.6) is 0 Å². The smallest absolute Gasteiger partial charge is 0.251 e. The molecule has 1 aromatic rings. The van der Waals surface area contributed by atoms with E-state index in [0.717, 1.165) is 43.3 Å². The zero-order chi connectivity index (χ0) is 19.2. The molecule has 2 saturated heterocycles. The molecule has 1 aromatic heterocycles. The van der Waals surface area contributed by atoms with Crippen molar-refractivity contribution in [1.29, 1.82) is 0 Å². The molecule has 1 amide bonds. The van der Waals surface area contributed by atoms with E-state index in [1.165, 1.54) is 0 Å². The first-order valence-corrected chi connectivity index (χ1v) is 9.56. The van der Waals surface area contributed by atoms with Crippen molar-refractivity contribution in [3.8, 4) is 0 Å². The minimum atomic E-state index is -0.230. The molecule has 1 atom stereocenters. The summed E-state index contributed by atoms with van der Waals surface area (Å²) in [4.78, 5) is 27.4. The van der Waals surface area contributed by atoms with Crippen molar-refractivity contribution in [2.24, 2.45) is 4.99 Å². The predicted octanol–water partition coefficient (Wildman–Crippen LogP) is 1.16. The van der Waals surface area contributed by atoms with Crippen molar-refractivity contribution in [3.63, 3.8) is 0 Å². The minimum absolute atomic E-state index is 0. The Kier molecular flexibility index (Phi) is 8.74. The van der Waals surface area contributed by atoms with Gasteiger partial charge in [0, 0.05) is 66.7 Å². The second kappa shape index (κ2) is 10.8. The quantitative estimate of drug-likeness (QED) is 0.379. The van der Waals surface area contributed by atoms with Gasteiger partial charge in [-0.05, 0) is 24.5 Å². The molecule has 28 heavy (non-hydrogen) atoms. The highest BCUT2D eigenvalue weighted by atomic mass is 127. The highest BCUT2D eigenvalue weighted by Gasteiger charge is 2.30. The summed E-state index contributed by atoms with van der Waals surface area (Å²) in [7, 11) is 5.75. The van der Waals surface area contributed by atoms with Gasteiger partial charge in [-0.3, -0.25) is 9.79 Å². The monoisotopic (exact) mass is 502 g/mol. The Labute approximate surface area is 184 Å². The lowest BCUT2D eigenvalue weighted by Crippen LogP contribution is -2.55. The number of guanidine groups is 1. The topological polar surface area (TPSA) is 73.3 Å². The molecule has 1 unspecified atom stereocenters. The van der Waals surface area contributed by atoms with Gasteiger partial charge >= 0.3 is 0 Å². The maximum Gasteiger partial charge on any atom is 0.251 e. The van der Waals surface area contributed by atoms with Gasteiger partial charge < -0.3 is 24.8 Å². The van der Waals surface area contributed by atoms with Crippen molar-refractivity contribution in [2.75, 3.05) is 58.8 Å². The molecule has 0 spiro atoms. The van der Waals surface area contributed by atoms with Gasteiger partial charge in [0.05, 0.1) is 0 Å². The average molecular weight is 502 g/mol. The van der Waals surface area contributed by atoms with Crippen LogP contribution in [0.15, 0.2) is 23.3 Å². The first-order chi connectivity index (χ1) is 13.1. The molecule has 2 aliphatic rings. The van der Waals surface area contributed by atoms with Crippen molar-refractivity contribution in [2.45, 2.75) is 25.5 Å². The van der Waals surface area contributed by atoms with Crippen LogP contribution < -0.4 is 10.2 Å². The second-order valence-electron chi connectivity index (χ2n) is 7.13. The number of carbonyl (C=O) groups is 1. The Bertz CT molecular complexity index is 653. The Morgan fingerprint density at radius 2 is 2.00 bits per heavy atom. The maximum absolute atomic E-state index is 12.5. The summed E-state index contributed by atoms with van der Waals surface area (Å²) in [5.74, 6) is 1.94. The molecule has 0 aromatic carbocycles. The Morgan fingerprint density at radius 1 is 1.29 bits per heavy atom. The Morgan fingerprint density at radius 3 is 2.54 bits per heavy atom. The Hall–Kier alpha value is -1.62. The number of halogens is 1. The van der Waals surface area contributed by atoms with Crippen LogP contribution >= 0.6 is 24.0 Å². The molecule has 3 rings (SSSR count). The summed E-state index contributed by atoms with van der Waals surface area (Å²) in [6.07, 6.45) is 3.49. The normalized spacial score (nSPS) is 20.0. The summed E-state index contributed by atoms with van der Waals surface area (Å²) in [6.45, 7) is 4.34. The van der Waals surface area contributed by atoms with Crippen LogP contribution in [0.25, 0.3) is 0 Å². The number of nitrogens with one attached hydrogen (secondary N) is 1. The number of hydrogen-bond acceptors (Lipinski definition) is 5. The van der Waals surface area contributed by atoms with E-state index in [0.29, 0.717) is 26.2 Å². The molecule has 0 saturated carbocycles. The molecule has 3 heterocycles. The molecule has 0 radical (unpaired) electrons. The zero-order valence-corrected chi connectivity index (χ0v) is 19.3. The summed E-state index contributed by atoms with van der Waals surface area (Å²) in [6, 6.07) is 4.08. The highest BCUT2D eigenvalue weighted by molar-refractivity contribution is 14.0. The van der Waals surface area contributed by atoms with Crippen LogP contribution in [-0.4, -0.2) is 86.7 Å². The van der Waals surface area contributed by atoms with Crippen LogP contribution in [0.2, 0.25) is 0 Å². The van der Waals surface area contributed by atoms with Gasteiger partial charge in [-0.1, -0.05) is 6.07 Å². The molecule has 1 N–H and O–H groups in total. The third kappa shape index (κ3) is 5.69. The van der Waals surface area contributed by atoms with Crippen LogP contribution in [0, 0.1) is 0 Å². The van der Waals surface area contributed by atoms with Gasteiger partial charge in [0.1, 0.15) is 11.9 Å². The zero-order valence-electron chi connectivity index (χ0n) is 16.9. The van der Waals surface area contributed by atoms with Gasteiger partial charge in [0.15, 0.2) is 5.96 Å². The Balaban J connectivity index is 0.00000280. The van der Waals surface area contributed by atoms with Crippen molar-refractivity contribution >= 4 is 41.7 Å². The third-order valence-corrected chi connectivity index (χ3v) is 5.03. The van der Waals surface area contributed by atoms with Gasteiger partial charge in [0.2, 0.25) is 0 Å². The fourth-order valence-electron chi connectivity index (χ4n) is 3.41. The SMILES string of the molecule is CN=C(NCc1ccc(N(C)C)nc1)N1CCN(C(=O)C2CCCO2)CC1.I. The number of piperazine rings is 1. The van der Waals surface area contributed by atoms with Gasteiger partial charge in [-0.2, -0.15) is 0 Å². The predicted molar refractivity (Wildman–Crippen MR) is 121 cm³/mol. The van der Waals surface area contributed by atoms with Crippen molar-refractivity contribution in [3.05, 3.63) is 23.9 Å². The fraction of sp³-hybridized carbons (Fsp3) is 0.632. The van der Waals surface area contributed by atoms with E-state index in [-0.39, 0.29) is 36.0 Å². The fourth-order valence-corrected chi connectivity index (χ4v) is 3.41.